The molecule has 122 valence electrons. The zero-order valence-corrected chi connectivity index (χ0v) is 15.3. The molecule has 0 amide bonds. The summed E-state index contributed by atoms with van der Waals surface area (Å²) in [6.45, 7) is 2.12. The normalized spacial score (nSPS) is 10.8. The SMILES string of the molecule is Cc1cc(-c2ccccc2)[n+](-c2n[nH]c(=S)s2)c(-c2ccccc2)c1. The number of rotatable bonds is 3. The van der Waals surface area contributed by atoms with E-state index in [1.807, 2.05) is 12.1 Å². The van der Waals surface area contributed by atoms with Crippen molar-refractivity contribution in [3.63, 3.8) is 0 Å². The molecule has 0 bridgehead atoms. The average Bonchev–Trinajstić information content (AvgIpc) is 3.08. The van der Waals surface area contributed by atoms with Gasteiger partial charge in [-0.1, -0.05) is 60.7 Å². The number of hydrogen-bond donors (Lipinski definition) is 1. The van der Waals surface area contributed by atoms with Gasteiger partial charge in [-0.15, -0.1) is 0 Å². The number of aromatic nitrogens is 3. The molecule has 0 fully saturated rings. The van der Waals surface area contributed by atoms with Crippen molar-refractivity contribution in [3.05, 3.63) is 82.3 Å². The van der Waals surface area contributed by atoms with Gasteiger partial charge in [-0.05, 0) is 48.2 Å². The van der Waals surface area contributed by atoms with E-state index >= 15 is 0 Å². The number of nitrogens with zero attached hydrogens (tertiary/aromatic N) is 2. The standard InChI is InChI=1S/C20H15N3S2/c1-14-12-17(15-8-4-2-5-9-15)23(19-21-22-20(24)25-19)18(13-14)16-10-6-3-7-11-16/h2-13H,1H3/p+1. The van der Waals surface area contributed by atoms with Gasteiger partial charge in [0.1, 0.15) is 11.4 Å². The van der Waals surface area contributed by atoms with Gasteiger partial charge in [0.15, 0.2) is 0 Å². The first-order valence-electron chi connectivity index (χ1n) is 7.96. The Hall–Kier alpha value is -2.63. The van der Waals surface area contributed by atoms with E-state index in [0.29, 0.717) is 3.95 Å². The Kier molecular flexibility index (Phi) is 4.26. The summed E-state index contributed by atoms with van der Waals surface area (Å²) < 4.78 is 2.84. The molecular formula is C20H16N3S2+. The van der Waals surface area contributed by atoms with Crippen LogP contribution in [0.25, 0.3) is 27.6 Å². The summed E-state index contributed by atoms with van der Waals surface area (Å²) in [6.07, 6.45) is 0. The van der Waals surface area contributed by atoms with E-state index in [0.717, 1.165) is 27.6 Å². The predicted molar refractivity (Wildman–Crippen MR) is 104 cm³/mol. The Morgan fingerprint density at radius 2 is 1.40 bits per heavy atom. The topological polar surface area (TPSA) is 32.6 Å². The van der Waals surface area contributed by atoms with E-state index < -0.39 is 0 Å². The van der Waals surface area contributed by atoms with Crippen molar-refractivity contribution in [2.45, 2.75) is 6.92 Å². The van der Waals surface area contributed by atoms with Gasteiger partial charge in [0.05, 0.1) is 5.10 Å². The Morgan fingerprint density at radius 3 is 1.84 bits per heavy atom. The maximum atomic E-state index is 5.27. The fourth-order valence-corrected chi connectivity index (χ4v) is 3.80. The van der Waals surface area contributed by atoms with E-state index in [1.54, 1.807) is 0 Å². The van der Waals surface area contributed by atoms with Crippen LogP contribution in [0.5, 0.6) is 0 Å². The van der Waals surface area contributed by atoms with E-state index in [-0.39, 0.29) is 0 Å². The second-order valence-electron chi connectivity index (χ2n) is 5.77. The summed E-state index contributed by atoms with van der Waals surface area (Å²) in [4.78, 5) is 0. The lowest BCUT2D eigenvalue weighted by Gasteiger charge is -2.11. The van der Waals surface area contributed by atoms with Crippen LogP contribution in [-0.2, 0) is 0 Å². The molecule has 0 unspecified atom stereocenters. The lowest BCUT2D eigenvalue weighted by Crippen LogP contribution is -2.36. The van der Waals surface area contributed by atoms with E-state index in [1.165, 1.54) is 16.9 Å². The molecule has 1 N–H and O–H groups in total. The molecule has 0 aliphatic carbocycles. The molecule has 0 aliphatic rings. The molecule has 4 rings (SSSR count). The molecule has 2 heterocycles. The highest BCUT2D eigenvalue weighted by Crippen LogP contribution is 2.25. The highest BCUT2D eigenvalue weighted by Gasteiger charge is 2.23. The Bertz CT molecular complexity index is 1010. The largest absolute Gasteiger partial charge is 0.414 e. The third kappa shape index (κ3) is 3.16. The van der Waals surface area contributed by atoms with E-state index in [4.69, 9.17) is 12.2 Å². The fourth-order valence-electron chi connectivity index (χ4n) is 2.90. The van der Waals surface area contributed by atoms with Gasteiger partial charge in [0, 0.05) is 11.1 Å². The highest BCUT2D eigenvalue weighted by molar-refractivity contribution is 7.73. The van der Waals surface area contributed by atoms with Crippen molar-refractivity contribution in [3.8, 4) is 27.6 Å². The van der Waals surface area contributed by atoms with Crippen LogP contribution < -0.4 is 4.57 Å². The predicted octanol–water partition coefficient (Wildman–Crippen LogP) is 5.12. The van der Waals surface area contributed by atoms with E-state index in [9.17, 15) is 0 Å². The molecular weight excluding hydrogens is 346 g/mol. The number of aryl methyl sites for hydroxylation is 1. The monoisotopic (exact) mass is 362 g/mol. The van der Waals surface area contributed by atoms with Gasteiger partial charge in [-0.3, -0.25) is 0 Å². The molecule has 25 heavy (non-hydrogen) atoms. The van der Waals surface area contributed by atoms with Crippen molar-refractivity contribution in [1.82, 2.24) is 10.2 Å². The first-order chi connectivity index (χ1) is 12.2. The molecule has 0 aliphatic heterocycles. The molecule has 5 heteroatoms. The van der Waals surface area contributed by atoms with Crippen LogP contribution in [0, 0.1) is 10.9 Å². The summed E-state index contributed by atoms with van der Waals surface area (Å²) in [7, 11) is 0. The number of aromatic amines is 1. The van der Waals surface area contributed by atoms with Crippen LogP contribution >= 0.6 is 23.6 Å². The summed E-state index contributed by atoms with van der Waals surface area (Å²) >= 11 is 6.74. The Balaban J connectivity index is 2.08. The summed E-state index contributed by atoms with van der Waals surface area (Å²) in [5, 5.41) is 8.18. The third-order valence-corrected chi connectivity index (χ3v) is 5.04. The number of hydrogen-bond acceptors (Lipinski definition) is 3. The van der Waals surface area contributed by atoms with Crippen LogP contribution in [0.3, 0.4) is 0 Å². The summed E-state index contributed by atoms with van der Waals surface area (Å²) in [5.41, 5.74) is 5.68. The maximum absolute atomic E-state index is 5.27. The minimum absolute atomic E-state index is 0.668. The van der Waals surface area contributed by atoms with Gasteiger partial charge < -0.3 is 0 Å². The Labute approximate surface area is 155 Å². The summed E-state index contributed by atoms with van der Waals surface area (Å²) in [6, 6.07) is 25.1. The number of benzene rings is 2. The molecule has 2 aromatic heterocycles. The second kappa shape index (κ2) is 6.70. The first kappa shape index (κ1) is 15.9. The zero-order valence-electron chi connectivity index (χ0n) is 13.6. The molecule has 3 nitrogen and oxygen atoms in total. The van der Waals surface area contributed by atoms with Crippen LogP contribution in [0.15, 0.2) is 72.8 Å². The number of H-pyrrole nitrogens is 1. The van der Waals surface area contributed by atoms with Crippen molar-refractivity contribution < 1.29 is 4.57 Å². The molecule has 4 aromatic rings. The molecule has 0 spiro atoms. The lowest BCUT2D eigenvalue weighted by atomic mass is 10.0. The highest BCUT2D eigenvalue weighted by atomic mass is 32.1. The molecule has 0 radical (unpaired) electrons. The maximum Gasteiger partial charge on any atom is 0.414 e. The van der Waals surface area contributed by atoms with Crippen LogP contribution in [0.2, 0.25) is 0 Å². The molecule has 0 atom stereocenters. The zero-order chi connectivity index (χ0) is 17.2. The Morgan fingerprint density at radius 1 is 0.880 bits per heavy atom. The summed E-state index contributed by atoms with van der Waals surface area (Å²) in [5.74, 6) is 0. The number of nitrogens with one attached hydrogen (secondary N) is 1. The minimum atomic E-state index is 0.668. The molecule has 2 aromatic carbocycles. The quantitative estimate of drug-likeness (QED) is 0.405. The fraction of sp³-hybridized carbons (Fsp3) is 0.0500. The first-order valence-corrected chi connectivity index (χ1v) is 9.18. The minimum Gasteiger partial charge on any atom is -0.177 e. The van der Waals surface area contributed by atoms with Gasteiger partial charge in [0.2, 0.25) is 3.95 Å². The van der Waals surface area contributed by atoms with Gasteiger partial charge >= 0.3 is 5.13 Å². The van der Waals surface area contributed by atoms with Gasteiger partial charge in [-0.2, -0.15) is 9.67 Å². The van der Waals surface area contributed by atoms with E-state index in [2.05, 4.69) is 82.4 Å². The van der Waals surface area contributed by atoms with Gasteiger partial charge in [-0.25, -0.2) is 0 Å². The van der Waals surface area contributed by atoms with Crippen molar-refractivity contribution in [2.24, 2.45) is 0 Å². The van der Waals surface area contributed by atoms with Crippen LogP contribution in [-0.4, -0.2) is 10.2 Å². The third-order valence-electron chi connectivity index (χ3n) is 3.97. The lowest BCUT2D eigenvalue weighted by molar-refractivity contribution is -0.572. The van der Waals surface area contributed by atoms with Crippen molar-refractivity contribution >= 4 is 23.6 Å². The average molecular weight is 363 g/mol. The van der Waals surface area contributed by atoms with Crippen molar-refractivity contribution in [1.29, 1.82) is 0 Å². The van der Waals surface area contributed by atoms with Crippen molar-refractivity contribution in [2.75, 3.05) is 0 Å². The molecule has 0 saturated carbocycles. The van der Waals surface area contributed by atoms with Crippen LogP contribution in [0.1, 0.15) is 5.56 Å². The van der Waals surface area contributed by atoms with Crippen LogP contribution in [0.4, 0.5) is 0 Å². The van der Waals surface area contributed by atoms with Gasteiger partial charge in [0.25, 0.3) is 0 Å². The second-order valence-corrected chi connectivity index (χ2v) is 7.41. The molecule has 0 saturated heterocycles. The number of pyridine rings is 1. The smallest absolute Gasteiger partial charge is 0.177 e.